The number of likely N-dealkylation sites (N-methyl/N-ethyl adjacent to an activating group) is 1. The third kappa shape index (κ3) is 4.32. The summed E-state index contributed by atoms with van der Waals surface area (Å²) in [6.07, 6.45) is -4.22. The largest absolute Gasteiger partial charge is 0.416 e. The van der Waals surface area contributed by atoms with E-state index in [4.69, 9.17) is 11.6 Å². The Bertz CT molecular complexity index is 1130. The molecule has 0 saturated carbocycles. The SMILES string of the molecule is Cc1cc(C(F)(F)F)cc(N2C(=O)C[C@@H]3CN(CCCO)c4c(Cl)cccc4N(C)C(=O)[C@H]32)n1. The van der Waals surface area contributed by atoms with E-state index in [0.717, 1.165) is 17.0 Å². The molecule has 11 heteroatoms. The number of anilines is 3. The molecule has 182 valence electrons. The van der Waals surface area contributed by atoms with Gasteiger partial charge in [0.05, 0.1) is 22.0 Å². The summed E-state index contributed by atoms with van der Waals surface area (Å²) >= 11 is 6.49. The Morgan fingerprint density at radius 3 is 2.65 bits per heavy atom. The monoisotopic (exact) mass is 496 g/mol. The second kappa shape index (κ2) is 9.07. The van der Waals surface area contributed by atoms with Crippen LogP contribution in [-0.4, -0.2) is 54.7 Å². The van der Waals surface area contributed by atoms with Crippen molar-refractivity contribution in [3.63, 3.8) is 0 Å². The molecule has 2 amide bonds. The zero-order valence-electron chi connectivity index (χ0n) is 18.6. The van der Waals surface area contributed by atoms with Gasteiger partial charge in [0.1, 0.15) is 11.9 Å². The fraction of sp³-hybridized carbons (Fsp3) is 0.435. The van der Waals surface area contributed by atoms with Crippen molar-refractivity contribution in [2.75, 3.05) is 41.4 Å². The number of alkyl halides is 3. The second-order valence-corrected chi connectivity index (χ2v) is 8.96. The average molecular weight is 497 g/mol. The number of aliphatic hydroxyl groups excluding tert-OH is 1. The summed E-state index contributed by atoms with van der Waals surface area (Å²) in [6.45, 7) is 2.05. The Hall–Kier alpha value is -2.85. The fourth-order valence-corrected chi connectivity index (χ4v) is 5.02. The Morgan fingerprint density at radius 1 is 1.24 bits per heavy atom. The summed E-state index contributed by atoms with van der Waals surface area (Å²) in [6, 6.07) is 5.81. The molecule has 3 heterocycles. The summed E-state index contributed by atoms with van der Waals surface area (Å²) in [5.74, 6) is -1.61. The van der Waals surface area contributed by atoms with Crippen molar-refractivity contribution < 1.29 is 27.9 Å². The zero-order valence-corrected chi connectivity index (χ0v) is 19.4. The quantitative estimate of drug-likeness (QED) is 0.699. The van der Waals surface area contributed by atoms with Gasteiger partial charge in [-0.25, -0.2) is 4.98 Å². The van der Waals surface area contributed by atoms with Gasteiger partial charge < -0.3 is 14.9 Å². The predicted octanol–water partition coefficient (Wildman–Crippen LogP) is 3.65. The van der Waals surface area contributed by atoms with Crippen LogP contribution < -0.4 is 14.7 Å². The number of carbonyl (C=O) groups is 2. The minimum absolute atomic E-state index is 0.0311. The minimum Gasteiger partial charge on any atom is -0.396 e. The van der Waals surface area contributed by atoms with E-state index in [2.05, 4.69) is 4.98 Å². The van der Waals surface area contributed by atoms with Gasteiger partial charge in [-0.2, -0.15) is 13.2 Å². The maximum Gasteiger partial charge on any atom is 0.416 e. The number of hydrogen-bond acceptors (Lipinski definition) is 5. The molecule has 2 atom stereocenters. The van der Waals surface area contributed by atoms with Crippen LogP contribution in [0.5, 0.6) is 0 Å². The van der Waals surface area contributed by atoms with E-state index in [1.54, 1.807) is 25.2 Å². The van der Waals surface area contributed by atoms with Crippen LogP contribution in [0.2, 0.25) is 5.02 Å². The Morgan fingerprint density at radius 2 is 1.97 bits per heavy atom. The molecule has 0 aliphatic carbocycles. The number of hydrogen-bond donors (Lipinski definition) is 1. The maximum atomic E-state index is 13.7. The molecule has 0 spiro atoms. The van der Waals surface area contributed by atoms with Gasteiger partial charge in [-0.1, -0.05) is 17.7 Å². The van der Waals surface area contributed by atoms with Gasteiger partial charge in [0.2, 0.25) is 11.8 Å². The van der Waals surface area contributed by atoms with E-state index >= 15 is 0 Å². The summed E-state index contributed by atoms with van der Waals surface area (Å²) in [7, 11) is 1.55. The molecule has 1 saturated heterocycles. The van der Waals surface area contributed by atoms with Crippen LogP contribution in [-0.2, 0) is 15.8 Å². The van der Waals surface area contributed by atoms with Crippen molar-refractivity contribution in [1.29, 1.82) is 0 Å². The summed E-state index contributed by atoms with van der Waals surface area (Å²) in [4.78, 5) is 35.3. The lowest BCUT2D eigenvalue weighted by Crippen LogP contribution is -2.52. The zero-order chi connectivity index (χ0) is 24.8. The molecule has 1 aromatic carbocycles. The number of para-hydroxylation sites is 1. The maximum absolute atomic E-state index is 13.7. The first-order chi connectivity index (χ1) is 16.0. The van der Waals surface area contributed by atoms with E-state index in [9.17, 15) is 27.9 Å². The molecule has 1 aromatic heterocycles. The standard InChI is InChI=1S/C23H24ClF3N4O3/c1-13-9-15(23(25,26)27)11-18(28-13)31-19(33)10-14-12-30(7-4-8-32)21-16(24)5-3-6-17(21)29(2)22(34)20(14)31/h3,5-6,9,11,14,20,32H,4,7-8,10,12H2,1-2H3/t14-,20+/m1/s1. The normalized spacial score (nSPS) is 20.9. The van der Waals surface area contributed by atoms with Crippen LogP contribution >= 0.6 is 11.6 Å². The van der Waals surface area contributed by atoms with Gasteiger partial charge in [-0.3, -0.25) is 14.5 Å². The van der Waals surface area contributed by atoms with Crippen molar-refractivity contribution in [3.8, 4) is 0 Å². The van der Waals surface area contributed by atoms with Crippen LogP contribution in [0, 0.1) is 12.8 Å². The van der Waals surface area contributed by atoms with Crippen LogP contribution in [0.3, 0.4) is 0 Å². The lowest BCUT2D eigenvalue weighted by Gasteiger charge is -2.39. The predicted molar refractivity (Wildman–Crippen MR) is 122 cm³/mol. The van der Waals surface area contributed by atoms with E-state index in [1.807, 2.05) is 4.90 Å². The second-order valence-electron chi connectivity index (χ2n) is 8.55. The molecule has 0 radical (unpaired) electrons. The highest BCUT2D eigenvalue weighted by molar-refractivity contribution is 6.34. The van der Waals surface area contributed by atoms with Crippen molar-refractivity contribution in [2.45, 2.75) is 32.0 Å². The highest BCUT2D eigenvalue weighted by Crippen LogP contribution is 2.42. The van der Waals surface area contributed by atoms with Crippen LogP contribution in [0.25, 0.3) is 0 Å². The number of benzene rings is 1. The number of pyridine rings is 1. The van der Waals surface area contributed by atoms with Crippen molar-refractivity contribution in [2.24, 2.45) is 5.92 Å². The van der Waals surface area contributed by atoms with Gasteiger partial charge in [-0.05, 0) is 37.6 Å². The summed E-state index contributed by atoms with van der Waals surface area (Å²) < 4.78 is 40.3. The van der Waals surface area contributed by atoms with E-state index in [-0.39, 0.29) is 31.1 Å². The molecular weight excluding hydrogens is 473 g/mol. The number of rotatable bonds is 4. The number of nitrogens with zero attached hydrogens (tertiary/aromatic N) is 4. The number of aromatic nitrogens is 1. The number of amides is 2. The molecule has 7 nitrogen and oxygen atoms in total. The molecule has 1 N–H and O–H groups in total. The van der Waals surface area contributed by atoms with Gasteiger partial charge in [-0.15, -0.1) is 0 Å². The van der Waals surface area contributed by atoms with Crippen molar-refractivity contribution in [1.82, 2.24) is 4.98 Å². The first-order valence-corrected chi connectivity index (χ1v) is 11.2. The average Bonchev–Trinajstić information content (AvgIpc) is 3.09. The van der Waals surface area contributed by atoms with Crippen LogP contribution in [0.1, 0.15) is 24.1 Å². The van der Waals surface area contributed by atoms with Gasteiger partial charge >= 0.3 is 6.18 Å². The number of halogens is 4. The molecule has 0 unspecified atom stereocenters. The van der Waals surface area contributed by atoms with E-state index < -0.39 is 35.5 Å². The lowest BCUT2D eigenvalue weighted by molar-refractivity contribution is -0.137. The van der Waals surface area contributed by atoms with Crippen LogP contribution in [0.4, 0.5) is 30.4 Å². The first kappa shape index (κ1) is 24.3. The molecule has 1 fully saturated rings. The Balaban J connectivity index is 1.82. The third-order valence-corrected chi connectivity index (χ3v) is 6.52. The van der Waals surface area contributed by atoms with Crippen molar-refractivity contribution >= 4 is 40.6 Å². The third-order valence-electron chi connectivity index (χ3n) is 6.21. The smallest absolute Gasteiger partial charge is 0.396 e. The number of fused-ring (bicyclic) bond motifs is 2. The highest BCUT2D eigenvalue weighted by atomic mass is 35.5. The molecule has 4 rings (SSSR count). The molecule has 2 aliphatic heterocycles. The number of aryl methyl sites for hydroxylation is 1. The molecule has 2 aromatic rings. The summed E-state index contributed by atoms with van der Waals surface area (Å²) in [5.41, 5.74) is 0.293. The number of aliphatic hydroxyl groups is 1. The van der Waals surface area contributed by atoms with Gasteiger partial charge in [0.25, 0.3) is 0 Å². The van der Waals surface area contributed by atoms with E-state index in [1.165, 1.54) is 11.8 Å². The fourth-order valence-electron chi connectivity index (χ4n) is 4.73. The van der Waals surface area contributed by atoms with E-state index in [0.29, 0.717) is 29.4 Å². The number of carbonyl (C=O) groups excluding carboxylic acids is 2. The van der Waals surface area contributed by atoms with Crippen LogP contribution in [0.15, 0.2) is 30.3 Å². The Labute approximate surface area is 199 Å². The molecular formula is C23H24ClF3N4O3. The Kier molecular flexibility index (Phi) is 6.48. The topological polar surface area (TPSA) is 77.0 Å². The summed E-state index contributed by atoms with van der Waals surface area (Å²) in [5, 5.41) is 9.81. The molecule has 2 aliphatic rings. The first-order valence-electron chi connectivity index (χ1n) is 10.8. The van der Waals surface area contributed by atoms with Gasteiger partial charge in [0.15, 0.2) is 0 Å². The molecule has 34 heavy (non-hydrogen) atoms. The van der Waals surface area contributed by atoms with Crippen molar-refractivity contribution in [3.05, 3.63) is 46.6 Å². The minimum atomic E-state index is -4.62. The van der Waals surface area contributed by atoms with Gasteiger partial charge in [0, 0.05) is 44.8 Å². The molecule has 0 bridgehead atoms. The highest BCUT2D eigenvalue weighted by Gasteiger charge is 2.49. The lowest BCUT2D eigenvalue weighted by atomic mass is 9.95.